The molecular weight excluding hydrogens is 422 g/mol. The zero-order chi connectivity index (χ0) is 23.4. The second kappa shape index (κ2) is 9.99. The van der Waals surface area contributed by atoms with Crippen molar-refractivity contribution >= 4 is 11.9 Å². The molecule has 5 rings (SSSR count). The highest BCUT2D eigenvalue weighted by Gasteiger charge is 2.49. The number of benzene rings is 2. The summed E-state index contributed by atoms with van der Waals surface area (Å²) in [4.78, 5) is 22.7. The number of hydrogen-bond acceptors (Lipinski definition) is 5. The second-order valence-corrected chi connectivity index (χ2v) is 9.97. The number of carbonyl (C=O) groups is 1. The largest absolute Gasteiger partial charge is 0.343 e. The van der Waals surface area contributed by atoms with E-state index in [9.17, 15) is 10.1 Å². The molecule has 0 saturated carbocycles. The average molecular weight is 456 g/mol. The summed E-state index contributed by atoms with van der Waals surface area (Å²) in [7, 11) is 0. The van der Waals surface area contributed by atoms with Crippen LogP contribution in [0.2, 0.25) is 0 Å². The van der Waals surface area contributed by atoms with E-state index in [1.165, 1.54) is 11.1 Å². The lowest BCUT2D eigenvalue weighted by Crippen LogP contribution is -2.60. The van der Waals surface area contributed by atoms with Crippen LogP contribution in [0.25, 0.3) is 0 Å². The van der Waals surface area contributed by atoms with E-state index >= 15 is 0 Å². The van der Waals surface area contributed by atoms with Gasteiger partial charge in [-0.2, -0.15) is 5.26 Å². The van der Waals surface area contributed by atoms with Crippen LogP contribution in [0.4, 0.5) is 0 Å². The van der Waals surface area contributed by atoms with E-state index in [-0.39, 0.29) is 5.91 Å². The maximum absolute atomic E-state index is 13.0. The van der Waals surface area contributed by atoms with Gasteiger partial charge in [-0.05, 0) is 49.1 Å². The van der Waals surface area contributed by atoms with Gasteiger partial charge in [0.1, 0.15) is 0 Å². The van der Waals surface area contributed by atoms with Gasteiger partial charge < -0.3 is 4.90 Å². The van der Waals surface area contributed by atoms with Gasteiger partial charge in [0.25, 0.3) is 0 Å². The van der Waals surface area contributed by atoms with Gasteiger partial charge in [-0.1, -0.05) is 60.7 Å². The second-order valence-electron chi connectivity index (χ2n) is 9.97. The minimum atomic E-state index is -0.717. The molecule has 1 N–H and O–H groups in total. The molecule has 1 spiro atoms. The molecule has 2 saturated heterocycles. The van der Waals surface area contributed by atoms with Crippen molar-refractivity contribution in [3.63, 3.8) is 0 Å². The van der Waals surface area contributed by atoms with Gasteiger partial charge >= 0.3 is 0 Å². The van der Waals surface area contributed by atoms with Gasteiger partial charge in [-0.3, -0.25) is 15.0 Å². The molecule has 0 radical (unpaired) electrons. The topological polar surface area (TPSA) is 71.7 Å². The number of nitriles is 1. The van der Waals surface area contributed by atoms with E-state index in [2.05, 4.69) is 75.8 Å². The van der Waals surface area contributed by atoms with Gasteiger partial charge in [-0.15, -0.1) is 0 Å². The summed E-state index contributed by atoms with van der Waals surface area (Å²) in [5.41, 5.74) is 2.07. The molecule has 2 aromatic carbocycles. The smallest absolute Gasteiger partial charge is 0.246 e. The van der Waals surface area contributed by atoms with Gasteiger partial charge in [0, 0.05) is 32.7 Å². The Bertz CT molecular complexity index is 1050. The van der Waals surface area contributed by atoms with Crippen molar-refractivity contribution in [2.75, 3.05) is 26.2 Å². The Hall–Kier alpha value is -3.17. The molecular formula is C28H33N5O. The Morgan fingerprint density at radius 3 is 2.18 bits per heavy atom. The maximum atomic E-state index is 13.0. The molecule has 34 heavy (non-hydrogen) atoms. The molecule has 1 amide bonds. The highest BCUT2D eigenvalue weighted by molar-refractivity contribution is 6.02. The third-order valence-electron chi connectivity index (χ3n) is 7.74. The van der Waals surface area contributed by atoms with Crippen LogP contribution in [0.5, 0.6) is 0 Å². The number of nitrogens with one attached hydrogen (secondary N) is 1. The molecule has 3 heterocycles. The van der Waals surface area contributed by atoms with Crippen molar-refractivity contribution in [2.24, 2.45) is 16.8 Å². The fourth-order valence-electron chi connectivity index (χ4n) is 5.70. The van der Waals surface area contributed by atoms with Crippen molar-refractivity contribution in [3.05, 3.63) is 71.8 Å². The Morgan fingerprint density at radius 2 is 1.56 bits per heavy atom. The van der Waals surface area contributed by atoms with Gasteiger partial charge in [-0.25, -0.2) is 4.99 Å². The van der Waals surface area contributed by atoms with E-state index in [0.29, 0.717) is 11.9 Å². The van der Waals surface area contributed by atoms with Crippen molar-refractivity contribution < 1.29 is 4.79 Å². The van der Waals surface area contributed by atoms with Gasteiger partial charge in [0.05, 0.1) is 11.6 Å². The quantitative estimate of drug-likeness (QED) is 0.765. The van der Waals surface area contributed by atoms with E-state index in [0.717, 1.165) is 64.8 Å². The summed E-state index contributed by atoms with van der Waals surface area (Å²) < 4.78 is 0. The third-order valence-corrected chi connectivity index (χ3v) is 7.74. The van der Waals surface area contributed by atoms with Crippen LogP contribution in [0.1, 0.15) is 36.8 Å². The van der Waals surface area contributed by atoms with Crippen LogP contribution in [-0.2, 0) is 17.8 Å². The lowest BCUT2D eigenvalue weighted by molar-refractivity contribution is -0.125. The highest BCUT2D eigenvalue weighted by atomic mass is 16.2. The lowest BCUT2D eigenvalue weighted by atomic mass is 9.76. The predicted octanol–water partition coefficient (Wildman–Crippen LogP) is 3.60. The summed E-state index contributed by atoms with van der Waals surface area (Å²) in [6.45, 7) is 4.37. The van der Waals surface area contributed by atoms with Crippen LogP contribution >= 0.6 is 0 Å². The number of likely N-dealkylation sites (tertiary alicyclic amines) is 2. The summed E-state index contributed by atoms with van der Waals surface area (Å²) in [6, 6.07) is 23.4. The minimum Gasteiger partial charge on any atom is -0.343 e. The van der Waals surface area contributed by atoms with Crippen LogP contribution in [0.3, 0.4) is 0 Å². The standard InChI is InChI=1S/C28H33N5O/c29-20-25-26(34)30-27(33-15-11-23(12-16-33)19-22-7-3-1-4-8-22)31-28(25)13-17-32(18-14-28)21-24-9-5-2-6-10-24/h1-10,23,25H,11-19,21H2,(H,30,31,34)/t25-/m0/s1. The Balaban J connectivity index is 1.24. The molecule has 0 unspecified atom stereocenters. The Labute approximate surface area is 202 Å². The first kappa shape index (κ1) is 22.6. The number of amides is 1. The number of carbonyl (C=O) groups excluding carboxylic acids is 1. The van der Waals surface area contributed by atoms with E-state index in [1.807, 2.05) is 6.07 Å². The van der Waals surface area contributed by atoms with Crippen LogP contribution < -0.4 is 5.32 Å². The molecule has 176 valence electrons. The molecule has 2 aromatic rings. The van der Waals surface area contributed by atoms with Gasteiger partial charge in [0.15, 0.2) is 5.92 Å². The van der Waals surface area contributed by atoms with Crippen molar-refractivity contribution in [2.45, 2.75) is 44.2 Å². The summed E-state index contributed by atoms with van der Waals surface area (Å²) in [5.74, 6) is 0.438. The molecule has 0 aromatic heterocycles. The van der Waals surface area contributed by atoms with Crippen molar-refractivity contribution in [3.8, 4) is 6.07 Å². The van der Waals surface area contributed by atoms with Crippen molar-refractivity contribution in [1.82, 2.24) is 15.1 Å². The molecule has 1 atom stereocenters. The third kappa shape index (κ3) is 4.85. The van der Waals surface area contributed by atoms with Crippen LogP contribution in [-0.4, -0.2) is 53.4 Å². The zero-order valence-electron chi connectivity index (χ0n) is 19.7. The molecule has 2 fully saturated rings. The number of guanidine groups is 1. The molecule has 3 aliphatic heterocycles. The first-order chi connectivity index (χ1) is 16.6. The van der Waals surface area contributed by atoms with Crippen LogP contribution in [0, 0.1) is 23.2 Å². The van der Waals surface area contributed by atoms with E-state index < -0.39 is 11.5 Å². The number of piperidine rings is 2. The molecule has 6 heteroatoms. The number of nitrogens with zero attached hydrogens (tertiary/aromatic N) is 4. The minimum absolute atomic E-state index is 0.185. The molecule has 0 bridgehead atoms. The first-order valence-corrected chi connectivity index (χ1v) is 12.5. The Morgan fingerprint density at radius 1 is 0.941 bits per heavy atom. The summed E-state index contributed by atoms with van der Waals surface area (Å²) in [5, 5.41) is 12.8. The first-order valence-electron chi connectivity index (χ1n) is 12.5. The SMILES string of the molecule is N#C[C@H]1C(=O)NC(N2CCC(Cc3ccccc3)CC2)=NC12CCN(Cc1ccccc1)CC2. The van der Waals surface area contributed by atoms with E-state index in [4.69, 9.17) is 4.99 Å². The molecule has 3 aliphatic rings. The number of hydrogen-bond donors (Lipinski definition) is 1. The Kier molecular flexibility index (Phi) is 6.64. The molecule has 6 nitrogen and oxygen atoms in total. The number of aliphatic imine (C=N–C) groups is 1. The van der Waals surface area contributed by atoms with Gasteiger partial charge in [0.2, 0.25) is 11.9 Å². The summed E-state index contributed by atoms with van der Waals surface area (Å²) in [6.07, 6.45) is 4.75. The number of rotatable bonds is 4. The highest BCUT2D eigenvalue weighted by Crippen LogP contribution is 2.37. The van der Waals surface area contributed by atoms with Crippen molar-refractivity contribution in [1.29, 1.82) is 5.26 Å². The monoisotopic (exact) mass is 455 g/mol. The zero-order valence-corrected chi connectivity index (χ0v) is 19.7. The normalized spacial score (nSPS) is 23.3. The van der Waals surface area contributed by atoms with Crippen LogP contribution in [0.15, 0.2) is 65.7 Å². The average Bonchev–Trinajstić information content (AvgIpc) is 2.87. The maximum Gasteiger partial charge on any atom is 0.246 e. The summed E-state index contributed by atoms with van der Waals surface area (Å²) >= 11 is 0. The lowest BCUT2D eigenvalue weighted by Gasteiger charge is -2.45. The fraction of sp³-hybridized carbons (Fsp3) is 0.464. The molecule has 0 aliphatic carbocycles. The van der Waals surface area contributed by atoms with E-state index in [1.54, 1.807) is 0 Å². The fourth-order valence-corrected chi connectivity index (χ4v) is 5.70. The predicted molar refractivity (Wildman–Crippen MR) is 133 cm³/mol.